The van der Waals surface area contributed by atoms with Gasteiger partial charge in [0.05, 0.1) is 0 Å². The number of hydrogen-bond donors (Lipinski definition) is 1. The fourth-order valence-corrected chi connectivity index (χ4v) is 1.85. The molecule has 2 aromatic rings. The van der Waals surface area contributed by atoms with Gasteiger partial charge in [-0.2, -0.15) is 0 Å². The Hall–Kier alpha value is -1.88. The molecule has 5 heteroatoms. The summed E-state index contributed by atoms with van der Waals surface area (Å²) in [6.07, 6.45) is -0.851. The number of pyridine rings is 1. The summed E-state index contributed by atoms with van der Waals surface area (Å²) in [5, 5.41) is 0. The molecule has 1 amide bonds. The van der Waals surface area contributed by atoms with E-state index in [4.69, 9.17) is 10.5 Å². The third-order valence-corrected chi connectivity index (χ3v) is 3.18. The molecule has 92 valence electrons. The number of nitrogens with two attached hydrogens (primary N) is 1. The number of rotatable bonds is 2. The molecule has 2 rings (SSSR count). The van der Waals surface area contributed by atoms with Crippen molar-refractivity contribution in [3.05, 3.63) is 46.6 Å². The van der Waals surface area contributed by atoms with Crippen LogP contribution in [-0.4, -0.2) is 11.1 Å². The van der Waals surface area contributed by atoms with Crippen LogP contribution in [0.5, 0.6) is 5.75 Å². The number of aromatic nitrogens is 1. The summed E-state index contributed by atoms with van der Waals surface area (Å²) in [6.45, 7) is 1.86. The molecule has 1 aromatic heterocycles. The highest BCUT2D eigenvalue weighted by atomic mass is 79.9. The van der Waals surface area contributed by atoms with Crippen LogP contribution in [0.15, 0.2) is 41.0 Å². The molecule has 0 aliphatic carbocycles. The summed E-state index contributed by atoms with van der Waals surface area (Å²) in [4.78, 5) is 15.3. The summed E-state index contributed by atoms with van der Waals surface area (Å²) in [5.41, 5.74) is 7.36. The molecule has 0 saturated carbocycles. The summed E-state index contributed by atoms with van der Waals surface area (Å²) >= 11 is 3.36. The van der Waals surface area contributed by atoms with Gasteiger partial charge in [-0.05, 0) is 34.5 Å². The predicted octanol–water partition coefficient (Wildman–Crippen LogP) is 3.28. The van der Waals surface area contributed by atoms with Crippen molar-refractivity contribution in [2.45, 2.75) is 6.92 Å². The second-order valence-corrected chi connectivity index (χ2v) is 4.48. The largest absolute Gasteiger partial charge is 0.410 e. The number of primary amides is 1. The Morgan fingerprint density at radius 3 is 2.61 bits per heavy atom. The van der Waals surface area contributed by atoms with Gasteiger partial charge in [-0.25, -0.2) is 9.78 Å². The normalized spacial score (nSPS) is 10.1. The van der Waals surface area contributed by atoms with Gasteiger partial charge in [-0.15, -0.1) is 0 Å². The summed E-state index contributed by atoms with van der Waals surface area (Å²) in [6, 6.07) is 11.2. The van der Waals surface area contributed by atoms with Gasteiger partial charge in [0, 0.05) is 5.56 Å². The Kier molecular flexibility index (Phi) is 3.62. The van der Waals surface area contributed by atoms with E-state index in [1.165, 1.54) is 0 Å². The number of carbonyl (C=O) groups is 1. The van der Waals surface area contributed by atoms with Gasteiger partial charge in [0.15, 0.2) is 5.75 Å². The summed E-state index contributed by atoms with van der Waals surface area (Å²) in [5.74, 6) is 0.356. The van der Waals surface area contributed by atoms with Crippen LogP contribution in [0.2, 0.25) is 0 Å². The first-order chi connectivity index (χ1) is 8.58. The monoisotopic (exact) mass is 306 g/mol. The molecule has 0 atom stereocenters. The Bertz CT molecular complexity index is 585. The van der Waals surface area contributed by atoms with Crippen molar-refractivity contribution in [3.8, 4) is 17.0 Å². The van der Waals surface area contributed by atoms with Gasteiger partial charge in [-0.3, -0.25) is 0 Å². The van der Waals surface area contributed by atoms with Crippen LogP contribution < -0.4 is 10.5 Å². The van der Waals surface area contributed by atoms with Crippen molar-refractivity contribution in [2.75, 3.05) is 0 Å². The molecule has 2 N–H and O–H groups in total. The molecule has 0 spiro atoms. The molecule has 1 aromatic carbocycles. The molecule has 0 fully saturated rings. The number of halogens is 1. The lowest BCUT2D eigenvalue weighted by Crippen LogP contribution is -2.17. The first-order valence-electron chi connectivity index (χ1n) is 5.28. The maximum atomic E-state index is 10.9. The Balaban J connectivity index is 2.57. The Morgan fingerprint density at radius 2 is 2.00 bits per heavy atom. The van der Waals surface area contributed by atoms with Gasteiger partial charge in [0.1, 0.15) is 10.3 Å². The molecule has 18 heavy (non-hydrogen) atoms. The average molecular weight is 307 g/mol. The van der Waals surface area contributed by atoms with Crippen LogP contribution in [0.1, 0.15) is 5.56 Å². The standard InChI is InChI=1S/C13H11BrN2O2/c1-8-7-10(18-13(15)17)11(16-12(8)14)9-5-3-2-4-6-9/h2-7H,1H3,(H2,15,17). The number of aryl methyl sites for hydroxylation is 1. The van der Waals surface area contributed by atoms with E-state index < -0.39 is 6.09 Å². The van der Waals surface area contributed by atoms with E-state index in [9.17, 15) is 4.79 Å². The third kappa shape index (κ3) is 2.68. The van der Waals surface area contributed by atoms with Gasteiger partial charge in [0.25, 0.3) is 0 Å². The molecule has 4 nitrogen and oxygen atoms in total. The maximum absolute atomic E-state index is 10.9. The van der Waals surface area contributed by atoms with Crippen molar-refractivity contribution in [2.24, 2.45) is 5.73 Å². The van der Waals surface area contributed by atoms with Crippen LogP contribution in [-0.2, 0) is 0 Å². The fourth-order valence-electron chi connectivity index (χ4n) is 1.55. The quantitative estimate of drug-likeness (QED) is 0.866. The number of ether oxygens (including phenoxy) is 1. The van der Waals surface area contributed by atoms with Gasteiger partial charge < -0.3 is 10.5 Å². The van der Waals surface area contributed by atoms with E-state index in [2.05, 4.69) is 20.9 Å². The lowest BCUT2D eigenvalue weighted by molar-refractivity contribution is 0.211. The number of hydrogen-bond acceptors (Lipinski definition) is 3. The number of nitrogens with zero attached hydrogens (tertiary/aromatic N) is 1. The van der Waals surface area contributed by atoms with Crippen LogP contribution in [0.4, 0.5) is 4.79 Å². The predicted molar refractivity (Wildman–Crippen MR) is 72.3 cm³/mol. The van der Waals surface area contributed by atoms with Crippen LogP contribution in [0.25, 0.3) is 11.3 Å². The minimum Gasteiger partial charge on any atom is -0.408 e. The topological polar surface area (TPSA) is 65.2 Å². The molecule has 0 bridgehead atoms. The van der Waals surface area contributed by atoms with Crippen LogP contribution in [0.3, 0.4) is 0 Å². The number of amides is 1. The molecular formula is C13H11BrN2O2. The molecule has 0 radical (unpaired) electrons. The van der Waals surface area contributed by atoms with E-state index in [0.717, 1.165) is 11.1 Å². The minimum absolute atomic E-state index is 0.356. The highest BCUT2D eigenvalue weighted by Crippen LogP contribution is 2.31. The molecule has 0 unspecified atom stereocenters. The molecule has 0 aliphatic heterocycles. The molecular weight excluding hydrogens is 296 g/mol. The average Bonchev–Trinajstić information content (AvgIpc) is 2.34. The van der Waals surface area contributed by atoms with Gasteiger partial charge in [0.2, 0.25) is 0 Å². The smallest absolute Gasteiger partial charge is 0.408 e. The molecule has 0 saturated heterocycles. The van der Waals surface area contributed by atoms with Crippen LogP contribution >= 0.6 is 15.9 Å². The zero-order chi connectivity index (χ0) is 13.1. The first kappa shape index (κ1) is 12.6. The lowest BCUT2D eigenvalue weighted by atomic mass is 10.1. The third-order valence-electron chi connectivity index (χ3n) is 2.37. The van der Waals surface area contributed by atoms with Gasteiger partial charge in [-0.1, -0.05) is 30.3 Å². The summed E-state index contributed by atoms with van der Waals surface area (Å²) < 4.78 is 5.70. The minimum atomic E-state index is -0.851. The van der Waals surface area contributed by atoms with Crippen molar-refractivity contribution in [1.29, 1.82) is 0 Å². The van der Waals surface area contributed by atoms with Gasteiger partial charge >= 0.3 is 6.09 Å². The van der Waals surface area contributed by atoms with Crippen molar-refractivity contribution in [3.63, 3.8) is 0 Å². The second-order valence-electron chi connectivity index (χ2n) is 3.73. The first-order valence-corrected chi connectivity index (χ1v) is 6.07. The summed E-state index contributed by atoms with van der Waals surface area (Å²) in [7, 11) is 0. The van der Waals surface area contributed by atoms with Crippen molar-refractivity contribution >= 4 is 22.0 Å². The highest BCUT2D eigenvalue weighted by Gasteiger charge is 2.13. The zero-order valence-electron chi connectivity index (χ0n) is 9.68. The fraction of sp³-hybridized carbons (Fsp3) is 0.0769. The van der Waals surface area contributed by atoms with E-state index in [-0.39, 0.29) is 0 Å². The van der Waals surface area contributed by atoms with E-state index >= 15 is 0 Å². The van der Waals surface area contributed by atoms with E-state index in [1.807, 2.05) is 37.3 Å². The molecule has 0 aliphatic rings. The Morgan fingerprint density at radius 1 is 1.33 bits per heavy atom. The second kappa shape index (κ2) is 5.18. The van der Waals surface area contributed by atoms with E-state index in [1.54, 1.807) is 6.07 Å². The number of carbonyl (C=O) groups excluding carboxylic acids is 1. The number of benzene rings is 1. The zero-order valence-corrected chi connectivity index (χ0v) is 11.3. The highest BCUT2D eigenvalue weighted by molar-refractivity contribution is 9.10. The maximum Gasteiger partial charge on any atom is 0.410 e. The Labute approximate surface area is 113 Å². The van der Waals surface area contributed by atoms with E-state index in [0.29, 0.717) is 16.0 Å². The molecule has 1 heterocycles. The van der Waals surface area contributed by atoms with Crippen molar-refractivity contribution < 1.29 is 9.53 Å². The van der Waals surface area contributed by atoms with Crippen LogP contribution in [0, 0.1) is 6.92 Å². The van der Waals surface area contributed by atoms with Crippen molar-refractivity contribution in [1.82, 2.24) is 4.98 Å². The SMILES string of the molecule is Cc1cc(OC(N)=O)c(-c2ccccc2)nc1Br. The lowest BCUT2D eigenvalue weighted by Gasteiger charge is -2.10.